The van der Waals surface area contributed by atoms with Crippen LogP contribution in [0, 0.1) is 0 Å². The number of amides is 2. The second kappa shape index (κ2) is 5.96. The van der Waals surface area contributed by atoms with E-state index in [1.54, 1.807) is 0 Å². The third kappa shape index (κ3) is 2.85. The van der Waals surface area contributed by atoms with E-state index in [0.29, 0.717) is 13.1 Å². The number of hydrogen-bond donors (Lipinski definition) is 1. The molecule has 2 heterocycles. The number of nitrogens with zero attached hydrogens (tertiary/aromatic N) is 1. The van der Waals surface area contributed by atoms with Crippen molar-refractivity contribution in [2.45, 2.75) is 44.2 Å². The van der Waals surface area contributed by atoms with E-state index in [-0.39, 0.29) is 30.6 Å². The van der Waals surface area contributed by atoms with Crippen LogP contribution in [0.4, 0.5) is 0 Å². The fourth-order valence-corrected chi connectivity index (χ4v) is 3.93. The fourth-order valence-electron chi connectivity index (χ4n) is 3.93. The van der Waals surface area contributed by atoms with Crippen LogP contribution in [0.1, 0.15) is 40.7 Å². The first-order chi connectivity index (χ1) is 11.2. The standard InChI is InChI=1S/C18H22N2O3/c21-17-11-23-16-7-8-20(10-15(16)19-17)18(22)14-6-5-12-3-1-2-4-13(12)9-14/h5-6,9,15-16H,1-4,7-8,10-11H2,(H,19,21)/t15-,16-/m0/s1. The molecule has 2 aliphatic heterocycles. The average molecular weight is 314 g/mol. The topological polar surface area (TPSA) is 58.6 Å². The Balaban J connectivity index is 1.49. The smallest absolute Gasteiger partial charge is 0.253 e. The maximum Gasteiger partial charge on any atom is 0.253 e. The van der Waals surface area contributed by atoms with Crippen molar-refractivity contribution in [3.05, 3.63) is 34.9 Å². The zero-order valence-electron chi connectivity index (χ0n) is 13.2. The largest absolute Gasteiger partial charge is 0.366 e. The highest BCUT2D eigenvalue weighted by molar-refractivity contribution is 5.94. The van der Waals surface area contributed by atoms with Crippen molar-refractivity contribution in [3.8, 4) is 0 Å². The van der Waals surface area contributed by atoms with Crippen molar-refractivity contribution in [2.75, 3.05) is 19.7 Å². The highest BCUT2D eigenvalue weighted by atomic mass is 16.5. The van der Waals surface area contributed by atoms with Crippen LogP contribution in [0.3, 0.4) is 0 Å². The Morgan fingerprint density at radius 1 is 1.22 bits per heavy atom. The van der Waals surface area contributed by atoms with E-state index in [4.69, 9.17) is 4.74 Å². The van der Waals surface area contributed by atoms with Crippen molar-refractivity contribution in [3.63, 3.8) is 0 Å². The van der Waals surface area contributed by atoms with Crippen LogP contribution in [-0.2, 0) is 22.4 Å². The Kier molecular flexibility index (Phi) is 3.81. The Morgan fingerprint density at radius 3 is 2.91 bits per heavy atom. The Hall–Kier alpha value is -1.88. The number of likely N-dealkylation sites (tertiary alicyclic amines) is 1. The van der Waals surface area contributed by atoms with Gasteiger partial charge in [0.05, 0.1) is 12.1 Å². The van der Waals surface area contributed by atoms with Crippen LogP contribution in [0.2, 0.25) is 0 Å². The van der Waals surface area contributed by atoms with E-state index >= 15 is 0 Å². The number of piperidine rings is 1. The molecule has 1 N–H and O–H groups in total. The van der Waals surface area contributed by atoms with Crippen LogP contribution in [0.15, 0.2) is 18.2 Å². The number of hydrogen-bond acceptors (Lipinski definition) is 3. The van der Waals surface area contributed by atoms with Gasteiger partial charge in [-0.05, 0) is 55.4 Å². The van der Waals surface area contributed by atoms with E-state index in [0.717, 1.165) is 24.8 Å². The lowest BCUT2D eigenvalue weighted by Gasteiger charge is -2.41. The summed E-state index contributed by atoms with van der Waals surface area (Å²) in [6, 6.07) is 6.06. The van der Waals surface area contributed by atoms with Gasteiger partial charge in [0, 0.05) is 18.7 Å². The van der Waals surface area contributed by atoms with Crippen LogP contribution in [-0.4, -0.2) is 48.6 Å². The summed E-state index contributed by atoms with van der Waals surface area (Å²) in [5.41, 5.74) is 3.48. The Bertz CT molecular complexity index is 643. The third-order valence-electron chi connectivity index (χ3n) is 5.21. The van der Waals surface area contributed by atoms with E-state index in [1.165, 1.54) is 24.0 Å². The number of benzene rings is 1. The number of fused-ring (bicyclic) bond motifs is 2. The van der Waals surface area contributed by atoms with Gasteiger partial charge in [-0.25, -0.2) is 0 Å². The molecule has 0 spiro atoms. The molecule has 0 aromatic heterocycles. The first-order valence-corrected chi connectivity index (χ1v) is 8.53. The van der Waals surface area contributed by atoms with E-state index in [1.807, 2.05) is 11.0 Å². The summed E-state index contributed by atoms with van der Waals surface area (Å²) in [5.74, 6) is -0.0222. The molecule has 1 aromatic rings. The van der Waals surface area contributed by atoms with Crippen LogP contribution >= 0.6 is 0 Å². The van der Waals surface area contributed by atoms with Crippen LogP contribution in [0.25, 0.3) is 0 Å². The predicted molar refractivity (Wildman–Crippen MR) is 85.3 cm³/mol. The molecule has 2 amide bonds. The number of ether oxygens (including phenoxy) is 1. The Morgan fingerprint density at radius 2 is 2.04 bits per heavy atom. The van der Waals surface area contributed by atoms with E-state index in [9.17, 15) is 9.59 Å². The molecule has 2 fully saturated rings. The van der Waals surface area contributed by atoms with Crippen LogP contribution < -0.4 is 5.32 Å². The van der Waals surface area contributed by atoms with Crippen molar-refractivity contribution in [1.29, 1.82) is 0 Å². The number of carbonyl (C=O) groups is 2. The molecule has 4 rings (SSSR count). The number of nitrogens with one attached hydrogen (secondary N) is 1. The van der Waals surface area contributed by atoms with Gasteiger partial charge in [-0.3, -0.25) is 9.59 Å². The first kappa shape index (κ1) is 14.7. The van der Waals surface area contributed by atoms with Crippen molar-refractivity contribution >= 4 is 11.8 Å². The molecule has 5 heteroatoms. The summed E-state index contributed by atoms with van der Waals surface area (Å²) in [6.45, 7) is 1.36. The number of aryl methyl sites for hydroxylation is 2. The van der Waals surface area contributed by atoms with Gasteiger partial charge in [0.25, 0.3) is 5.91 Å². The van der Waals surface area contributed by atoms with Gasteiger partial charge in [0.15, 0.2) is 0 Å². The molecule has 0 saturated carbocycles. The highest BCUT2D eigenvalue weighted by Gasteiger charge is 2.36. The second-order valence-corrected chi connectivity index (χ2v) is 6.75. The summed E-state index contributed by atoms with van der Waals surface area (Å²) >= 11 is 0. The fraction of sp³-hybridized carbons (Fsp3) is 0.556. The summed E-state index contributed by atoms with van der Waals surface area (Å²) < 4.78 is 5.55. The molecule has 0 unspecified atom stereocenters. The number of rotatable bonds is 1. The lowest BCUT2D eigenvalue weighted by Crippen LogP contribution is -2.61. The molecule has 5 nitrogen and oxygen atoms in total. The SMILES string of the molecule is O=C1CO[C@H]2CCN(C(=O)c3ccc4c(c3)CCCC4)C[C@@H]2N1. The minimum absolute atomic E-state index is 0.0419. The average Bonchev–Trinajstić information content (AvgIpc) is 2.60. The minimum atomic E-state index is -0.0886. The lowest BCUT2D eigenvalue weighted by molar-refractivity contribution is -0.139. The molecule has 1 aliphatic carbocycles. The zero-order valence-corrected chi connectivity index (χ0v) is 13.2. The predicted octanol–water partition coefficient (Wildman–Crippen LogP) is 1.29. The first-order valence-electron chi connectivity index (χ1n) is 8.53. The summed E-state index contributed by atoms with van der Waals surface area (Å²) in [4.78, 5) is 26.1. The maximum atomic E-state index is 12.8. The summed E-state index contributed by atoms with van der Waals surface area (Å²) in [5, 5.41) is 2.95. The van der Waals surface area contributed by atoms with Gasteiger partial charge in [0.2, 0.25) is 5.91 Å². The van der Waals surface area contributed by atoms with Crippen molar-refractivity contribution in [2.24, 2.45) is 0 Å². The minimum Gasteiger partial charge on any atom is -0.366 e. The monoisotopic (exact) mass is 314 g/mol. The summed E-state index contributed by atoms with van der Waals surface area (Å²) in [7, 11) is 0. The van der Waals surface area contributed by atoms with Crippen LogP contribution in [0.5, 0.6) is 0 Å². The van der Waals surface area contributed by atoms with Gasteiger partial charge >= 0.3 is 0 Å². The lowest BCUT2D eigenvalue weighted by atomic mass is 9.90. The van der Waals surface area contributed by atoms with Gasteiger partial charge in [-0.15, -0.1) is 0 Å². The van der Waals surface area contributed by atoms with Gasteiger partial charge in [0.1, 0.15) is 6.61 Å². The molecular weight excluding hydrogens is 292 g/mol. The normalized spacial score (nSPS) is 27.0. The van der Waals surface area contributed by atoms with Gasteiger partial charge in [-0.1, -0.05) is 6.07 Å². The van der Waals surface area contributed by atoms with E-state index in [2.05, 4.69) is 17.4 Å². The molecular formula is C18H22N2O3. The Labute approximate surface area is 136 Å². The molecule has 3 aliphatic rings. The molecule has 122 valence electrons. The highest BCUT2D eigenvalue weighted by Crippen LogP contribution is 2.24. The molecule has 0 radical (unpaired) electrons. The molecule has 2 saturated heterocycles. The van der Waals surface area contributed by atoms with Crippen molar-refractivity contribution in [1.82, 2.24) is 10.2 Å². The third-order valence-corrected chi connectivity index (χ3v) is 5.21. The zero-order chi connectivity index (χ0) is 15.8. The maximum absolute atomic E-state index is 12.8. The van der Waals surface area contributed by atoms with Crippen molar-refractivity contribution < 1.29 is 14.3 Å². The van der Waals surface area contributed by atoms with E-state index < -0.39 is 0 Å². The number of morpholine rings is 1. The number of carbonyl (C=O) groups excluding carboxylic acids is 2. The quantitative estimate of drug-likeness (QED) is 0.850. The summed E-state index contributed by atoms with van der Waals surface area (Å²) in [6.07, 6.45) is 5.48. The van der Waals surface area contributed by atoms with Gasteiger partial charge in [-0.2, -0.15) is 0 Å². The molecule has 23 heavy (non-hydrogen) atoms. The molecule has 0 bridgehead atoms. The molecule has 1 aromatic carbocycles. The van der Waals surface area contributed by atoms with Gasteiger partial charge < -0.3 is 15.0 Å². The molecule has 2 atom stereocenters. The second-order valence-electron chi connectivity index (χ2n) is 6.75.